The number of likely N-dealkylation sites (tertiary alicyclic amines) is 1. The molecule has 2 fully saturated rings. The Balaban J connectivity index is 1.25. The maximum atomic E-state index is 13.7. The number of hydrogen-bond acceptors (Lipinski definition) is 8. The molecule has 2 aliphatic heterocycles. The minimum atomic E-state index is -0.379. The summed E-state index contributed by atoms with van der Waals surface area (Å²) in [5.41, 5.74) is 2.45. The molecule has 222 valence electrons. The molecule has 1 atom stereocenters. The van der Waals surface area contributed by atoms with E-state index in [2.05, 4.69) is 29.2 Å². The number of benzene rings is 1. The van der Waals surface area contributed by atoms with Gasteiger partial charge in [0.05, 0.1) is 34.5 Å². The van der Waals surface area contributed by atoms with E-state index in [9.17, 15) is 9.59 Å². The fourth-order valence-corrected chi connectivity index (χ4v) is 6.67. The van der Waals surface area contributed by atoms with Crippen molar-refractivity contribution >= 4 is 45.7 Å². The molecule has 5 heterocycles. The summed E-state index contributed by atoms with van der Waals surface area (Å²) in [6.07, 6.45) is 2.71. The first-order chi connectivity index (χ1) is 20.3. The van der Waals surface area contributed by atoms with Crippen LogP contribution in [0.25, 0.3) is 21.5 Å². The molecule has 0 bridgehead atoms. The van der Waals surface area contributed by atoms with Crippen molar-refractivity contribution in [2.45, 2.75) is 51.7 Å². The van der Waals surface area contributed by atoms with Crippen molar-refractivity contribution in [2.75, 3.05) is 32.9 Å². The van der Waals surface area contributed by atoms with E-state index in [0.717, 1.165) is 48.1 Å². The molecular weight excluding hydrogens is 576 g/mol. The van der Waals surface area contributed by atoms with Crippen LogP contribution in [-0.2, 0) is 16.0 Å². The van der Waals surface area contributed by atoms with E-state index in [0.29, 0.717) is 59.5 Å². The van der Waals surface area contributed by atoms with E-state index in [1.807, 2.05) is 34.9 Å². The molecule has 0 spiro atoms. The lowest BCUT2D eigenvalue weighted by atomic mass is 10.0. The number of amides is 1. The summed E-state index contributed by atoms with van der Waals surface area (Å²) < 4.78 is 19.2. The topological polar surface area (TPSA) is 98.8 Å². The monoisotopic (exact) mass is 610 g/mol. The van der Waals surface area contributed by atoms with Crippen LogP contribution in [0.1, 0.15) is 59.7 Å². The zero-order chi connectivity index (χ0) is 29.2. The van der Waals surface area contributed by atoms with Gasteiger partial charge in [-0.05, 0) is 69.5 Å². The van der Waals surface area contributed by atoms with Gasteiger partial charge in [-0.3, -0.25) is 4.79 Å². The number of thiophene rings is 1. The van der Waals surface area contributed by atoms with Gasteiger partial charge in [-0.2, -0.15) is 0 Å². The third-order valence-corrected chi connectivity index (χ3v) is 9.38. The number of halogens is 1. The van der Waals surface area contributed by atoms with Crippen LogP contribution < -0.4 is 5.32 Å². The summed E-state index contributed by atoms with van der Waals surface area (Å²) in [5, 5.41) is 8.32. The Hall–Kier alpha value is -3.18. The maximum Gasteiger partial charge on any atom is 0.338 e. The zero-order valence-corrected chi connectivity index (χ0v) is 25.4. The fraction of sp³-hybridized carbons (Fsp3) is 0.452. The van der Waals surface area contributed by atoms with Crippen molar-refractivity contribution < 1.29 is 23.6 Å². The molecule has 9 nitrogen and oxygen atoms in total. The average Bonchev–Trinajstić information content (AvgIpc) is 3.80. The predicted octanol–water partition coefficient (Wildman–Crippen LogP) is 5.86. The first kappa shape index (κ1) is 28.9. The van der Waals surface area contributed by atoms with Crippen LogP contribution in [0.5, 0.6) is 0 Å². The zero-order valence-electron chi connectivity index (χ0n) is 23.8. The summed E-state index contributed by atoms with van der Waals surface area (Å²) in [7, 11) is 0. The highest BCUT2D eigenvalue weighted by Crippen LogP contribution is 2.32. The highest BCUT2D eigenvalue weighted by atomic mass is 35.5. The van der Waals surface area contributed by atoms with Gasteiger partial charge in [-0.1, -0.05) is 16.8 Å². The van der Waals surface area contributed by atoms with Crippen LogP contribution in [0.4, 0.5) is 0 Å². The van der Waals surface area contributed by atoms with Crippen molar-refractivity contribution in [1.29, 1.82) is 0 Å². The van der Waals surface area contributed by atoms with Crippen molar-refractivity contribution in [3.05, 3.63) is 63.8 Å². The van der Waals surface area contributed by atoms with Crippen molar-refractivity contribution in [3.8, 4) is 10.6 Å². The summed E-state index contributed by atoms with van der Waals surface area (Å²) in [5.74, 6) is 0.335. The molecule has 0 aliphatic carbocycles. The number of nitrogens with one attached hydrogen (secondary N) is 1. The molecule has 1 aromatic carbocycles. The lowest BCUT2D eigenvalue weighted by Gasteiger charge is -2.34. The van der Waals surface area contributed by atoms with E-state index in [4.69, 9.17) is 25.6 Å². The first-order valence-corrected chi connectivity index (χ1v) is 15.7. The third kappa shape index (κ3) is 6.41. The third-order valence-electron chi connectivity index (χ3n) is 8.13. The molecule has 3 aromatic heterocycles. The van der Waals surface area contributed by atoms with Gasteiger partial charge in [0.2, 0.25) is 0 Å². The van der Waals surface area contributed by atoms with Gasteiger partial charge in [-0.25, -0.2) is 4.79 Å². The number of hydrogen-bond donors (Lipinski definition) is 1. The van der Waals surface area contributed by atoms with Crippen molar-refractivity contribution in [1.82, 2.24) is 19.9 Å². The molecule has 6 rings (SSSR count). The van der Waals surface area contributed by atoms with E-state index in [-0.39, 0.29) is 23.8 Å². The van der Waals surface area contributed by atoms with Gasteiger partial charge in [0.15, 0.2) is 5.76 Å². The number of carbonyl (C=O) groups excluding carboxylic acids is 2. The Morgan fingerprint density at radius 2 is 1.98 bits per heavy atom. The van der Waals surface area contributed by atoms with Crippen molar-refractivity contribution in [3.63, 3.8) is 0 Å². The molecule has 0 radical (unpaired) electrons. The predicted molar refractivity (Wildman–Crippen MR) is 162 cm³/mol. The highest BCUT2D eigenvalue weighted by Gasteiger charge is 2.25. The Morgan fingerprint density at radius 1 is 1.14 bits per heavy atom. The number of nitrogens with zero attached hydrogens (tertiary/aromatic N) is 3. The van der Waals surface area contributed by atoms with Gasteiger partial charge in [0.25, 0.3) is 5.91 Å². The van der Waals surface area contributed by atoms with E-state index >= 15 is 0 Å². The van der Waals surface area contributed by atoms with Crippen molar-refractivity contribution in [2.24, 2.45) is 5.92 Å². The summed E-state index contributed by atoms with van der Waals surface area (Å²) in [4.78, 5) is 29.9. The molecule has 11 heteroatoms. The fourth-order valence-electron chi connectivity index (χ4n) is 5.68. The molecule has 2 aliphatic rings. The van der Waals surface area contributed by atoms with E-state index in [1.54, 1.807) is 12.1 Å². The van der Waals surface area contributed by atoms with Gasteiger partial charge in [0, 0.05) is 54.7 Å². The minimum absolute atomic E-state index is 0.103. The molecule has 1 amide bonds. The van der Waals surface area contributed by atoms with Crippen LogP contribution in [0.3, 0.4) is 0 Å². The van der Waals surface area contributed by atoms with Crippen LogP contribution in [0.15, 0.2) is 47.0 Å². The van der Waals surface area contributed by atoms with Gasteiger partial charge >= 0.3 is 5.97 Å². The quantitative estimate of drug-likeness (QED) is 0.237. The molecule has 1 unspecified atom stereocenters. The number of esters is 1. The number of rotatable bonds is 9. The summed E-state index contributed by atoms with van der Waals surface area (Å²) in [6.45, 7) is 8.30. The molecule has 0 saturated carbocycles. The second-order valence-electron chi connectivity index (χ2n) is 11.4. The van der Waals surface area contributed by atoms with E-state index < -0.39 is 0 Å². The first-order valence-electron chi connectivity index (χ1n) is 14.5. The second-order valence-corrected chi connectivity index (χ2v) is 13.1. The van der Waals surface area contributed by atoms with Gasteiger partial charge in [0.1, 0.15) is 11.4 Å². The number of fused-ring (bicyclic) bond motifs is 1. The molecule has 1 N–H and O–H groups in total. The smallest absolute Gasteiger partial charge is 0.338 e. The summed E-state index contributed by atoms with van der Waals surface area (Å²) in [6, 6.07) is 13.4. The Morgan fingerprint density at radius 3 is 2.69 bits per heavy atom. The standard InChI is InChI=1S/C31H35ClN4O5S/c1-19(2)35-10-7-23(8-11-35)33-30(37)26-14-22-13-21(31(38)40-18-20-9-12-39-17-20)3-4-25(22)36(26)16-24-15-27(41-34-24)28-5-6-29(32)42-28/h3-6,13-15,19-20,23H,7-12,16-18H2,1-2H3,(H,33,37). The molecule has 4 aromatic rings. The highest BCUT2D eigenvalue weighted by molar-refractivity contribution is 7.19. The molecule has 42 heavy (non-hydrogen) atoms. The number of ether oxygens (including phenoxy) is 2. The second kappa shape index (κ2) is 12.6. The van der Waals surface area contributed by atoms with Gasteiger partial charge in [-0.15, -0.1) is 11.3 Å². The maximum absolute atomic E-state index is 13.7. The summed E-state index contributed by atoms with van der Waals surface area (Å²) >= 11 is 7.53. The number of piperidine rings is 1. The SMILES string of the molecule is CC(C)N1CCC(NC(=O)c2cc3cc(C(=O)OCC4CCOC4)ccc3n2Cc2cc(-c3ccc(Cl)s3)on2)CC1. The number of aromatic nitrogens is 2. The normalized spacial score (nSPS) is 18.2. The van der Waals surface area contributed by atoms with Gasteiger partial charge < -0.3 is 28.8 Å². The van der Waals surface area contributed by atoms with E-state index in [1.165, 1.54) is 11.3 Å². The lowest BCUT2D eigenvalue weighted by molar-refractivity contribution is 0.0428. The number of carbonyl (C=O) groups is 2. The van der Waals surface area contributed by atoms with Crippen LogP contribution in [0.2, 0.25) is 4.34 Å². The largest absolute Gasteiger partial charge is 0.462 e. The Bertz CT molecular complexity index is 1560. The Labute approximate surface area is 253 Å². The molecule has 2 saturated heterocycles. The minimum Gasteiger partial charge on any atom is -0.462 e. The van der Waals surface area contributed by atoms with Crippen LogP contribution in [-0.4, -0.2) is 71.5 Å². The average molecular weight is 611 g/mol. The van der Waals surface area contributed by atoms with Crippen LogP contribution >= 0.6 is 22.9 Å². The van der Waals surface area contributed by atoms with Crippen LogP contribution in [0, 0.1) is 5.92 Å². The lowest BCUT2D eigenvalue weighted by Crippen LogP contribution is -2.46. The Kier molecular flexibility index (Phi) is 8.67. The molecular formula is C31H35ClN4O5S.